The maximum atomic E-state index is 9.20. The summed E-state index contributed by atoms with van der Waals surface area (Å²) in [7, 11) is 0. The van der Waals surface area contributed by atoms with Gasteiger partial charge in [0.25, 0.3) is 0 Å². The van der Waals surface area contributed by atoms with Crippen molar-refractivity contribution in [1.29, 1.82) is 0 Å². The van der Waals surface area contributed by atoms with E-state index in [1.807, 2.05) is 0 Å². The van der Waals surface area contributed by atoms with Gasteiger partial charge in [0.05, 0.1) is 0 Å². The minimum atomic E-state index is -0.521. The van der Waals surface area contributed by atoms with E-state index in [0.29, 0.717) is 0 Å². The first kappa shape index (κ1) is 18.5. The Hall–Kier alpha value is -0.480. The van der Waals surface area contributed by atoms with Gasteiger partial charge in [-0.15, -0.1) is 6.42 Å². The number of aliphatic hydroxyl groups excluding tert-OH is 1. The lowest BCUT2D eigenvalue weighted by molar-refractivity contribution is 0.217. The molecule has 112 valence electrons. The molecule has 1 nitrogen and oxygen atoms in total. The van der Waals surface area contributed by atoms with Crippen LogP contribution in [0, 0.1) is 12.3 Å². The highest BCUT2D eigenvalue weighted by atomic mass is 16.3. The zero-order valence-corrected chi connectivity index (χ0v) is 13.0. The smallest absolute Gasteiger partial charge is 0.114 e. The van der Waals surface area contributed by atoms with Crippen molar-refractivity contribution < 1.29 is 5.11 Å². The Morgan fingerprint density at radius 1 is 0.737 bits per heavy atom. The summed E-state index contributed by atoms with van der Waals surface area (Å²) in [5.74, 6) is 2.36. The monoisotopic (exact) mass is 266 g/mol. The van der Waals surface area contributed by atoms with Gasteiger partial charge >= 0.3 is 0 Å². The summed E-state index contributed by atoms with van der Waals surface area (Å²) < 4.78 is 0. The molecule has 19 heavy (non-hydrogen) atoms. The second-order valence-corrected chi connectivity index (χ2v) is 5.71. The standard InChI is InChI=1S/C18H34O/c1-3-5-6-7-8-9-10-11-12-13-14-15-16-17-18(19)4-2/h2,18-19H,3,5-17H2,1H3. The summed E-state index contributed by atoms with van der Waals surface area (Å²) in [6, 6.07) is 0. The third-order valence-corrected chi connectivity index (χ3v) is 3.77. The van der Waals surface area contributed by atoms with Crippen LogP contribution in [0.3, 0.4) is 0 Å². The van der Waals surface area contributed by atoms with Crippen LogP contribution in [0.5, 0.6) is 0 Å². The van der Waals surface area contributed by atoms with Gasteiger partial charge in [0.15, 0.2) is 0 Å². The van der Waals surface area contributed by atoms with Crippen LogP contribution in [0.4, 0.5) is 0 Å². The summed E-state index contributed by atoms with van der Waals surface area (Å²) in [6.45, 7) is 2.27. The molecule has 0 saturated carbocycles. The zero-order chi connectivity index (χ0) is 14.2. The largest absolute Gasteiger partial charge is 0.380 e. The van der Waals surface area contributed by atoms with Gasteiger partial charge in [-0.2, -0.15) is 0 Å². The summed E-state index contributed by atoms with van der Waals surface area (Å²) in [5.41, 5.74) is 0. The van der Waals surface area contributed by atoms with Crippen LogP contribution in [-0.2, 0) is 0 Å². The molecular weight excluding hydrogens is 232 g/mol. The Morgan fingerprint density at radius 3 is 1.47 bits per heavy atom. The van der Waals surface area contributed by atoms with Crippen LogP contribution in [0.25, 0.3) is 0 Å². The Bertz CT molecular complexity index is 204. The van der Waals surface area contributed by atoms with Gasteiger partial charge in [-0.25, -0.2) is 0 Å². The Morgan fingerprint density at radius 2 is 1.11 bits per heavy atom. The first-order valence-corrected chi connectivity index (χ1v) is 8.45. The molecule has 0 aromatic heterocycles. The molecule has 0 aromatic carbocycles. The van der Waals surface area contributed by atoms with E-state index in [9.17, 15) is 5.11 Å². The van der Waals surface area contributed by atoms with Crippen molar-refractivity contribution in [1.82, 2.24) is 0 Å². The first-order chi connectivity index (χ1) is 9.31. The minimum absolute atomic E-state index is 0.521. The molecule has 0 amide bonds. The van der Waals surface area contributed by atoms with Crippen molar-refractivity contribution in [3.05, 3.63) is 0 Å². The van der Waals surface area contributed by atoms with E-state index in [4.69, 9.17) is 6.42 Å². The molecule has 0 saturated heterocycles. The number of hydrogen-bond acceptors (Lipinski definition) is 1. The van der Waals surface area contributed by atoms with Gasteiger partial charge in [-0.05, 0) is 12.8 Å². The van der Waals surface area contributed by atoms with Crippen LogP contribution >= 0.6 is 0 Å². The van der Waals surface area contributed by atoms with Crippen molar-refractivity contribution in [3.8, 4) is 12.3 Å². The summed E-state index contributed by atoms with van der Waals surface area (Å²) in [6.07, 6.45) is 23.0. The number of aliphatic hydroxyl groups is 1. The van der Waals surface area contributed by atoms with Gasteiger partial charge in [-0.1, -0.05) is 89.9 Å². The lowest BCUT2D eigenvalue weighted by atomic mass is 10.0. The molecule has 1 N–H and O–H groups in total. The van der Waals surface area contributed by atoms with Gasteiger partial charge < -0.3 is 5.11 Å². The fourth-order valence-corrected chi connectivity index (χ4v) is 2.44. The van der Waals surface area contributed by atoms with Crippen molar-refractivity contribution in [2.24, 2.45) is 0 Å². The van der Waals surface area contributed by atoms with Crippen molar-refractivity contribution in [3.63, 3.8) is 0 Å². The topological polar surface area (TPSA) is 20.2 Å². The molecular formula is C18H34O. The average Bonchev–Trinajstić information content (AvgIpc) is 2.43. The van der Waals surface area contributed by atoms with E-state index < -0.39 is 6.10 Å². The SMILES string of the molecule is C#CC(O)CCCCCCCCCCCCCCC. The number of hydrogen-bond donors (Lipinski definition) is 1. The summed E-state index contributed by atoms with van der Waals surface area (Å²) >= 11 is 0. The fraction of sp³-hybridized carbons (Fsp3) is 0.889. The molecule has 1 unspecified atom stereocenters. The van der Waals surface area contributed by atoms with Gasteiger partial charge in [-0.3, -0.25) is 0 Å². The predicted molar refractivity (Wildman–Crippen MR) is 85.2 cm³/mol. The maximum Gasteiger partial charge on any atom is 0.114 e. The van der Waals surface area contributed by atoms with E-state index >= 15 is 0 Å². The molecule has 1 atom stereocenters. The molecule has 0 rings (SSSR count). The average molecular weight is 266 g/mol. The normalized spacial score (nSPS) is 12.3. The molecule has 0 aliphatic heterocycles. The lowest BCUT2D eigenvalue weighted by Crippen LogP contribution is -2.01. The molecule has 0 radical (unpaired) electrons. The highest BCUT2D eigenvalue weighted by molar-refractivity contribution is 4.92. The number of unbranched alkanes of at least 4 members (excludes halogenated alkanes) is 12. The van der Waals surface area contributed by atoms with E-state index in [1.54, 1.807) is 0 Å². The third kappa shape index (κ3) is 15.5. The molecule has 0 aromatic rings. The minimum Gasteiger partial charge on any atom is -0.380 e. The molecule has 0 bridgehead atoms. The second-order valence-electron chi connectivity index (χ2n) is 5.71. The maximum absolute atomic E-state index is 9.20. The van der Waals surface area contributed by atoms with E-state index in [1.165, 1.54) is 77.0 Å². The second kappa shape index (κ2) is 15.6. The summed E-state index contributed by atoms with van der Waals surface area (Å²) in [5, 5.41) is 9.20. The van der Waals surface area contributed by atoms with Crippen molar-refractivity contribution >= 4 is 0 Å². The molecule has 0 heterocycles. The van der Waals surface area contributed by atoms with E-state index in [2.05, 4.69) is 12.8 Å². The van der Waals surface area contributed by atoms with Gasteiger partial charge in [0.1, 0.15) is 6.10 Å². The first-order valence-electron chi connectivity index (χ1n) is 8.45. The van der Waals surface area contributed by atoms with Crippen LogP contribution in [-0.4, -0.2) is 11.2 Å². The zero-order valence-electron chi connectivity index (χ0n) is 13.0. The molecule has 0 spiro atoms. The lowest BCUT2D eigenvalue weighted by Gasteiger charge is -2.04. The number of terminal acetylenes is 1. The van der Waals surface area contributed by atoms with Crippen LogP contribution < -0.4 is 0 Å². The van der Waals surface area contributed by atoms with Crippen LogP contribution in [0.1, 0.15) is 96.8 Å². The molecule has 0 aliphatic carbocycles. The molecule has 0 aliphatic rings. The highest BCUT2D eigenvalue weighted by Crippen LogP contribution is 2.13. The van der Waals surface area contributed by atoms with Crippen molar-refractivity contribution in [2.75, 3.05) is 0 Å². The highest BCUT2D eigenvalue weighted by Gasteiger charge is 1.98. The third-order valence-electron chi connectivity index (χ3n) is 3.77. The van der Waals surface area contributed by atoms with Crippen LogP contribution in [0.15, 0.2) is 0 Å². The van der Waals surface area contributed by atoms with Crippen molar-refractivity contribution in [2.45, 2.75) is 103 Å². The Kier molecular flexibility index (Phi) is 15.2. The van der Waals surface area contributed by atoms with Gasteiger partial charge in [0.2, 0.25) is 0 Å². The van der Waals surface area contributed by atoms with E-state index in [-0.39, 0.29) is 0 Å². The Labute approximate surface area is 121 Å². The fourth-order valence-electron chi connectivity index (χ4n) is 2.44. The molecule has 1 heteroatoms. The quantitative estimate of drug-likeness (QED) is 0.327. The predicted octanol–water partition coefficient (Wildman–Crippen LogP) is 5.46. The Balaban J connectivity index is 2.97. The van der Waals surface area contributed by atoms with E-state index in [0.717, 1.165) is 12.8 Å². The number of rotatable bonds is 14. The van der Waals surface area contributed by atoms with Crippen LogP contribution in [0.2, 0.25) is 0 Å². The summed E-state index contributed by atoms with van der Waals surface area (Å²) in [4.78, 5) is 0. The van der Waals surface area contributed by atoms with Gasteiger partial charge in [0, 0.05) is 0 Å². The molecule has 0 fully saturated rings.